The van der Waals surface area contributed by atoms with Crippen LogP contribution < -0.4 is 4.74 Å². The summed E-state index contributed by atoms with van der Waals surface area (Å²) in [5.74, 6) is 0.838. The van der Waals surface area contributed by atoms with Crippen LogP contribution in [-0.4, -0.2) is 59.7 Å². The number of carbonyl (C=O) groups is 1. The van der Waals surface area contributed by atoms with Crippen molar-refractivity contribution in [2.24, 2.45) is 13.0 Å². The molecule has 3 aromatic rings. The van der Waals surface area contributed by atoms with Gasteiger partial charge in [-0.3, -0.25) is 4.68 Å². The van der Waals surface area contributed by atoms with Gasteiger partial charge < -0.3 is 14.4 Å². The molecule has 1 aliphatic heterocycles. The Balaban J connectivity index is 0.00000119. The molecule has 0 spiro atoms. The maximum Gasteiger partial charge on any atom is 0.410 e. The summed E-state index contributed by atoms with van der Waals surface area (Å²) in [5, 5.41) is 8.60. The van der Waals surface area contributed by atoms with Crippen LogP contribution in [0.2, 0.25) is 0 Å². The molecule has 1 saturated carbocycles. The van der Waals surface area contributed by atoms with Gasteiger partial charge in [0.25, 0.3) is 0 Å². The molecule has 1 saturated heterocycles. The number of piperidine rings is 1. The molecule has 2 aliphatic rings. The van der Waals surface area contributed by atoms with Gasteiger partial charge in [-0.05, 0) is 33.3 Å². The molecule has 1 amide bonds. The van der Waals surface area contributed by atoms with E-state index in [1.807, 2.05) is 65.0 Å². The van der Waals surface area contributed by atoms with E-state index < -0.39 is 5.60 Å². The second-order valence-electron chi connectivity index (χ2n) is 9.17. The Morgan fingerprint density at radius 2 is 1.94 bits per heavy atom. The average molecular weight is 441 g/mol. The van der Waals surface area contributed by atoms with Crippen molar-refractivity contribution in [2.75, 3.05) is 6.54 Å². The number of nitrogens with zero attached hydrogens (tertiary/aromatic N) is 6. The molecule has 2 fully saturated rings. The largest absolute Gasteiger partial charge is 0.472 e. The number of carbonyl (C=O) groups excluding carboxylic acids is 1. The monoisotopic (exact) mass is 440 g/mol. The first-order valence-electron chi connectivity index (χ1n) is 11.3. The van der Waals surface area contributed by atoms with Crippen molar-refractivity contribution in [1.29, 1.82) is 0 Å². The predicted octanol–water partition coefficient (Wildman–Crippen LogP) is 3.93. The normalized spacial score (nSPS) is 22.1. The van der Waals surface area contributed by atoms with Crippen LogP contribution in [0.3, 0.4) is 0 Å². The zero-order valence-electron chi connectivity index (χ0n) is 19.6. The molecular weight excluding hydrogens is 408 g/mol. The van der Waals surface area contributed by atoms with E-state index in [0.717, 1.165) is 29.6 Å². The van der Waals surface area contributed by atoms with Crippen LogP contribution in [0.1, 0.15) is 47.5 Å². The topological polar surface area (TPSA) is 86.8 Å². The number of aryl methyl sites for hydroxylation is 1. The van der Waals surface area contributed by atoms with Gasteiger partial charge in [-0.1, -0.05) is 13.8 Å². The lowest BCUT2D eigenvalue weighted by atomic mass is 10.1. The molecular formula is C23H32N6O3. The third kappa shape index (κ3) is 4.28. The van der Waals surface area contributed by atoms with Crippen LogP contribution in [0.15, 0.2) is 30.9 Å². The smallest absolute Gasteiger partial charge is 0.410 e. The number of amides is 1. The Hall–Kier alpha value is -3.10. The molecule has 0 N–H and O–H groups in total. The summed E-state index contributed by atoms with van der Waals surface area (Å²) >= 11 is 0. The number of aromatic nitrogens is 5. The first kappa shape index (κ1) is 22.1. The molecule has 3 aromatic heterocycles. The van der Waals surface area contributed by atoms with Crippen molar-refractivity contribution in [3.63, 3.8) is 0 Å². The molecule has 9 nitrogen and oxygen atoms in total. The Kier molecular flexibility index (Phi) is 5.83. The van der Waals surface area contributed by atoms with E-state index in [2.05, 4.69) is 10.2 Å². The molecule has 32 heavy (non-hydrogen) atoms. The Bertz CT molecular complexity index is 1100. The van der Waals surface area contributed by atoms with E-state index in [1.54, 1.807) is 21.6 Å². The van der Waals surface area contributed by atoms with Crippen LogP contribution in [0, 0.1) is 5.92 Å². The number of rotatable bonds is 3. The van der Waals surface area contributed by atoms with Gasteiger partial charge in [0.05, 0.1) is 24.3 Å². The summed E-state index contributed by atoms with van der Waals surface area (Å²) in [4.78, 5) is 19.1. The van der Waals surface area contributed by atoms with Gasteiger partial charge in [-0.15, -0.1) is 0 Å². The highest BCUT2D eigenvalue weighted by Crippen LogP contribution is 2.41. The molecule has 172 valence electrons. The summed E-state index contributed by atoms with van der Waals surface area (Å²) in [7, 11) is 1.87. The van der Waals surface area contributed by atoms with Gasteiger partial charge in [-0.25, -0.2) is 14.3 Å². The molecule has 9 heteroatoms. The molecule has 1 aliphatic carbocycles. The van der Waals surface area contributed by atoms with Crippen molar-refractivity contribution in [3.8, 4) is 17.1 Å². The second-order valence-corrected chi connectivity index (χ2v) is 9.17. The maximum atomic E-state index is 12.5. The average Bonchev–Trinajstić information content (AvgIpc) is 3.51. The van der Waals surface area contributed by atoms with Gasteiger partial charge in [0.15, 0.2) is 0 Å². The molecule has 3 unspecified atom stereocenters. The first-order valence-corrected chi connectivity index (χ1v) is 11.3. The molecule has 5 rings (SSSR count). The first-order chi connectivity index (χ1) is 15.3. The van der Waals surface area contributed by atoms with Gasteiger partial charge in [0.2, 0.25) is 5.88 Å². The lowest BCUT2D eigenvalue weighted by Gasteiger charge is -2.33. The van der Waals surface area contributed by atoms with Gasteiger partial charge in [0, 0.05) is 43.7 Å². The summed E-state index contributed by atoms with van der Waals surface area (Å²) in [5.41, 5.74) is 2.00. The van der Waals surface area contributed by atoms with Crippen LogP contribution in [0.4, 0.5) is 4.79 Å². The molecule has 0 radical (unpaired) electrons. The number of likely N-dealkylation sites (tertiary alicyclic amines) is 1. The Labute approximate surface area is 188 Å². The molecule has 2 bridgehead atoms. The van der Waals surface area contributed by atoms with E-state index in [0.29, 0.717) is 12.4 Å². The number of ether oxygens (including phenoxy) is 2. The standard InChI is InChI=1S/C21H26N6O3.C2H6/c1-21(2,3)30-20(28)26-11-13-7-15(26)8-18(13)29-19-17-5-6-22-27(17)12-16(24-19)14-9-23-25(4)10-14;1-2/h5-6,9-10,12-13,15,18H,7-8,11H2,1-4H3;1-2H3. The summed E-state index contributed by atoms with van der Waals surface area (Å²) in [6, 6.07) is 2.05. The third-order valence-corrected chi connectivity index (χ3v) is 5.72. The summed E-state index contributed by atoms with van der Waals surface area (Å²) in [6.07, 6.45) is 8.80. The van der Waals surface area contributed by atoms with Crippen LogP contribution in [0.25, 0.3) is 16.8 Å². The van der Waals surface area contributed by atoms with E-state index in [4.69, 9.17) is 14.5 Å². The zero-order valence-corrected chi connectivity index (χ0v) is 19.6. The number of hydrogen-bond acceptors (Lipinski definition) is 6. The van der Waals surface area contributed by atoms with Gasteiger partial charge >= 0.3 is 6.09 Å². The van der Waals surface area contributed by atoms with E-state index in [9.17, 15) is 4.79 Å². The number of hydrogen-bond donors (Lipinski definition) is 0. The van der Waals surface area contributed by atoms with Gasteiger partial charge in [0.1, 0.15) is 17.2 Å². The predicted molar refractivity (Wildman–Crippen MR) is 120 cm³/mol. The van der Waals surface area contributed by atoms with Crippen LogP contribution in [0.5, 0.6) is 5.88 Å². The zero-order chi connectivity index (χ0) is 23.0. The fourth-order valence-corrected chi connectivity index (χ4v) is 4.42. The highest BCUT2D eigenvalue weighted by molar-refractivity contribution is 5.69. The fourth-order valence-electron chi connectivity index (χ4n) is 4.42. The third-order valence-electron chi connectivity index (χ3n) is 5.72. The van der Waals surface area contributed by atoms with E-state index in [1.165, 1.54) is 0 Å². The minimum absolute atomic E-state index is 0.0176. The highest BCUT2D eigenvalue weighted by atomic mass is 16.6. The van der Waals surface area contributed by atoms with E-state index in [-0.39, 0.29) is 24.2 Å². The summed E-state index contributed by atoms with van der Waals surface area (Å²) in [6.45, 7) is 10.3. The lowest BCUT2D eigenvalue weighted by molar-refractivity contribution is 0.0103. The SMILES string of the molecule is CC.Cn1cc(-c2cn3nccc3c(OC3CC4CC3CN4C(=O)OC(C)(C)C)n2)cn1. The minimum Gasteiger partial charge on any atom is -0.472 e. The maximum absolute atomic E-state index is 12.5. The van der Waals surface area contributed by atoms with Crippen LogP contribution in [-0.2, 0) is 11.8 Å². The highest BCUT2D eigenvalue weighted by Gasteiger charge is 2.49. The van der Waals surface area contributed by atoms with E-state index >= 15 is 0 Å². The van der Waals surface area contributed by atoms with Crippen LogP contribution >= 0.6 is 0 Å². The summed E-state index contributed by atoms with van der Waals surface area (Å²) < 4.78 is 15.5. The van der Waals surface area contributed by atoms with Crippen molar-refractivity contribution < 1.29 is 14.3 Å². The van der Waals surface area contributed by atoms with Crippen molar-refractivity contribution in [2.45, 2.75) is 65.2 Å². The van der Waals surface area contributed by atoms with Crippen molar-refractivity contribution >= 4 is 11.6 Å². The fraction of sp³-hybridized carbons (Fsp3) is 0.565. The van der Waals surface area contributed by atoms with Crippen molar-refractivity contribution in [3.05, 3.63) is 30.9 Å². The molecule has 0 aromatic carbocycles. The molecule has 3 atom stereocenters. The Morgan fingerprint density at radius 1 is 1.16 bits per heavy atom. The molecule has 4 heterocycles. The lowest BCUT2D eigenvalue weighted by Crippen LogP contribution is -2.45. The number of fused-ring (bicyclic) bond motifs is 3. The van der Waals surface area contributed by atoms with Gasteiger partial charge in [-0.2, -0.15) is 10.2 Å². The minimum atomic E-state index is -0.487. The van der Waals surface area contributed by atoms with Crippen molar-refractivity contribution in [1.82, 2.24) is 29.3 Å². The second kappa shape index (κ2) is 8.44. The Morgan fingerprint density at radius 3 is 2.56 bits per heavy atom. The quantitative estimate of drug-likeness (QED) is 0.613.